The molecule has 1 aromatic heterocycles. The Morgan fingerprint density at radius 2 is 2.00 bits per heavy atom. The molecule has 31 heavy (non-hydrogen) atoms. The molecule has 4 N–H and O–H groups in total. The van der Waals surface area contributed by atoms with E-state index in [1.807, 2.05) is 24.3 Å². The first-order valence-electron chi connectivity index (χ1n) is 9.91. The Hall–Kier alpha value is -3.46. The van der Waals surface area contributed by atoms with E-state index in [4.69, 9.17) is 25.7 Å². The molecule has 0 saturated carbocycles. The Bertz CT molecular complexity index is 930. The number of nitrogens with zero attached hydrogens (tertiary/aromatic N) is 2. The zero-order valence-corrected chi connectivity index (χ0v) is 17.3. The molecule has 0 bridgehead atoms. The summed E-state index contributed by atoms with van der Waals surface area (Å²) in [4.78, 5) is 29.4. The van der Waals surface area contributed by atoms with Crippen molar-refractivity contribution in [3.8, 4) is 17.0 Å². The molecule has 1 aromatic carbocycles. The van der Waals surface area contributed by atoms with E-state index < -0.39 is 5.97 Å². The van der Waals surface area contributed by atoms with Crippen LogP contribution in [0.1, 0.15) is 18.4 Å². The molecule has 2 aromatic rings. The summed E-state index contributed by atoms with van der Waals surface area (Å²) in [6.07, 6.45) is 2.16. The van der Waals surface area contributed by atoms with E-state index in [-0.39, 0.29) is 43.3 Å². The number of hydrogen-bond acceptors (Lipinski definition) is 6. The molecule has 1 fully saturated rings. The van der Waals surface area contributed by atoms with Crippen LogP contribution in [0.15, 0.2) is 42.6 Å². The van der Waals surface area contributed by atoms with Gasteiger partial charge in [0.15, 0.2) is 0 Å². The minimum absolute atomic E-state index is 0.0252. The van der Waals surface area contributed by atoms with Crippen molar-refractivity contribution in [1.29, 1.82) is 5.41 Å². The van der Waals surface area contributed by atoms with Crippen LogP contribution in [0.3, 0.4) is 0 Å². The Kier molecular flexibility index (Phi) is 7.19. The summed E-state index contributed by atoms with van der Waals surface area (Å²) in [6, 6.07) is 10.7. The highest BCUT2D eigenvalue weighted by molar-refractivity contribution is 5.94. The highest BCUT2D eigenvalue weighted by Crippen LogP contribution is 2.27. The lowest BCUT2D eigenvalue weighted by molar-refractivity contribution is -0.139. The summed E-state index contributed by atoms with van der Waals surface area (Å²) in [5.74, 6) is -0.521. The number of rotatable bonds is 9. The minimum Gasteiger partial charge on any atom is -0.491 e. The number of nitrogens with two attached hydrogens (primary N) is 1. The number of likely N-dealkylation sites (tertiary alicyclic amines) is 1. The van der Waals surface area contributed by atoms with Crippen LogP contribution < -0.4 is 10.5 Å². The van der Waals surface area contributed by atoms with Crippen molar-refractivity contribution in [3.63, 3.8) is 0 Å². The van der Waals surface area contributed by atoms with E-state index in [1.54, 1.807) is 23.2 Å². The Balaban J connectivity index is 1.62. The van der Waals surface area contributed by atoms with Gasteiger partial charge < -0.3 is 25.2 Å². The molecule has 9 heteroatoms. The normalized spacial score (nSPS) is 18.0. The molecule has 2 heterocycles. The number of carbonyl (C=O) groups is 2. The monoisotopic (exact) mass is 426 g/mol. The molecule has 1 saturated heterocycles. The maximum atomic E-state index is 12.3. The van der Waals surface area contributed by atoms with Crippen LogP contribution in [0.4, 0.5) is 0 Å². The average Bonchev–Trinajstić information content (AvgIpc) is 3.15. The van der Waals surface area contributed by atoms with E-state index >= 15 is 0 Å². The summed E-state index contributed by atoms with van der Waals surface area (Å²) in [5.41, 5.74) is 7.66. The molecule has 0 radical (unpaired) electrons. The Morgan fingerprint density at radius 1 is 1.26 bits per heavy atom. The van der Waals surface area contributed by atoms with Gasteiger partial charge in [-0.1, -0.05) is 0 Å². The summed E-state index contributed by atoms with van der Waals surface area (Å²) in [7, 11) is 1.46. The number of nitrogens with one attached hydrogen (secondary N) is 1. The van der Waals surface area contributed by atoms with Crippen molar-refractivity contribution in [2.75, 3.05) is 26.9 Å². The second-order valence-corrected chi connectivity index (χ2v) is 7.51. The minimum atomic E-state index is -0.869. The van der Waals surface area contributed by atoms with Crippen molar-refractivity contribution in [2.45, 2.75) is 18.9 Å². The average molecular weight is 426 g/mol. The predicted octanol–water partition coefficient (Wildman–Crippen LogP) is 1.75. The number of ether oxygens (including phenoxy) is 2. The Morgan fingerprint density at radius 3 is 2.58 bits per heavy atom. The van der Waals surface area contributed by atoms with Gasteiger partial charge >= 0.3 is 5.97 Å². The van der Waals surface area contributed by atoms with E-state index in [9.17, 15) is 9.59 Å². The molecular formula is C22H26N4O5. The fourth-order valence-corrected chi connectivity index (χ4v) is 3.72. The largest absolute Gasteiger partial charge is 0.491 e. The second-order valence-electron chi connectivity index (χ2n) is 7.51. The zero-order chi connectivity index (χ0) is 22.4. The first-order chi connectivity index (χ1) is 14.9. The summed E-state index contributed by atoms with van der Waals surface area (Å²) < 4.78 is 10.8. The number of hydrogen-bond donors (Lipinski definition) is 3. The molecular weight excluding hydrogens is 400 g/mol. The van der Waals surface area contributed by atoms with E-state index in [1.165, 1.54) is 7.11 Å². The van der Waals surface area contributed by atoms with Gasteiger partial charge in [0.25, 0.3) is 0 Å². The smallest absolute Gasteiger partial charge is 0.303 e. The fourth-order valence-electron chi connectivity index (χ4n) is 3.72. The highest BCUT2D eigenvalue weighted by atomic mass is 16.5. The van der Waals surface area contributed by atoms with Crippen LogP contribution in [0, 0.1) is 11.3 Å². The van der Waals surface area contributed by atoms with Gasteiger partial charge in [0, 0.05) is 37.4 Å². The molecule has 0 aliphatic carbocycles. The number of benzene rings is 1. The maximum Gasteiger partial charge on any atom is 0.303 e. The molecule has 0 spiro atoms. The molecule has 1 amide bonds. The van der Waals surface area contributed by atoms with Gasteiger partial charge in [-0.3, -0.25) is 20.0 Å². The highest BCUT2D eigenvalue weighted by Gasteiger charge is 2.36. The van der Waals surface area contributed by atoms with Crippen molar-refractivity contribution in [2.24, 2.45) is 11.7 Å². The first kappa shape index (κ1) is 22.2. The molecule has 3 rings (SSSR count). The van der Waals surface area contributed by atoms with Crippen LogP contribution in [0.25, 0.3) is 11.3 Å². The van der Waals surface area contributed by atoms with Gasteiger partial charge in [0.1, 0.15) is 24.8 Å². The number of aliphatic carboxylic acids is 1. The maximum absolute atomic E-state index is 12.3. The van der Waals surface area contributed by atoms with Crippen molar-refractivity contribution in [1.82, 2.24) is 9.88 Å². The van der Waals surface area contributed by atoms with Gasteiger partial charge in [-0.15, -0.1) is 0 Å². The quantitative estimate of drug-likeness (QED) is 0.410. The van der Waals surface area contributed by atoms with E-state index in [0.717, 1.165) is 11.3 Å². The summed E-state index contributed by atoms with van der Waals surface area (Å²) in [6.45, 7) is 0.625. The number of amidine groups is 1. The van der Waals surface area contributed by atoms with Crippen molar-refractivity contribution in [3.05, 3.63) is 48.2 Å². The lowest BCUT2D eigenvalue weighted by atomic mass is 10.0. The predicted molar refractivity (Wildman–Crippen MR) is 114 cm³/mol. The molecule has 0 unspecified atom stereocenters. The van der Waals surface area contributed by atoms with Crippen LogP contribution in [0.5, 0.6) is 5.75 Å². The standard InChI is InChI=1S/C22H26N4O5/c1-30-13-20(27)26-11-14(9-21(28)29)8-17(26)12-31-18-5-2-15(3-6-18)19-7-4-16(10-25-19)22(23)24/h2-7,10,14,17H,8-9,11-13H2,1H3,(H3,23,24)(H,28,29)/t14-,17-/m0/s1. The van der Waals surface area contributed by atoms with E-state index in [2.05, 4.69) is 4.98 Å². The zero-order valence-electron chi connectivity index (χ0n) is 17.3. The Labute approximate surface area is 180 Å². The number of pyridine rings is 1. The van der Waals surface area contributed by atoms with Crippen molar-refractivity contribution < 1.29 is 24.2 Å². The molecule has 164 valence electrons. The lowest BCUT2D eigenvalue weighted by Gasteiger charge is -2.24. The molecule has 1 aliphatic rings. The lowest BCUT2D eigenvalue weighted by Crippen LogP contribution is -2.41. The van der Waals surface area contributed by atoms with Gasteiger partial charge in [-0.05, 0) is 48.7 Å². The molecule has 1 aliphatic heterocycles. The van der Waals surface area contributed by atoms with E-state index in [0.29, 0.717) is 24.3 Å². The number of aromatic nitrogens is 1. The first-order valence-corrected chi connectivity index (χ1v) is 9.91. The third-order valence-electron chi connectivity index (χ3n) is 5.22. The SMILES string of the molecule is COCC(=O)N1C[C@H](CC(=O)O)C[C@H]1COc1ccc(-c2ccc(C(=N)N)cn2)cc1. The number of nitrogen functional groups attached to an aromatic ring is 1. The van der Waals surface area contributed by atoms with Gasteiger partial charge in [0.05, 0.1) is 11.7 Å². The number of carboxylic acids is 1. The molecule has 2 atom stereocenters. The summed E-state index contributed by atoms with van der Waals surface area (Å²) >= 11 is 0. The van der Waals surface area contributed by atoms with Crippen LogP contribution in [-0.2, 0) is 14.3 Å². The van der Waals surface area contributed by atoms with Crippen LogP contribution in [0.2, 0.25) is 0 Å². The third-order valence-corrected chi connectivity index (χ3v) is 5.22. The summed E-state index contributed by atoms with van der Waals surface area (Å²) in [5, 5.41) is 16.5. The molecule has 9 nitrogen and oxygen atoms in total. The number of methoxy groups -OCH3 is 1. The third kappa shape index (κ3) is 5.79. The van der Waals surface area contributed by atoms with Crippen LogP contribution in [-0.4, -0.2) is 65.6 Å². The van der Waals surface area contributed by atoms with Crippen LogP contribution >= 0.6 is 0 Å². The number of amides is 1. The fraction of sp³-hybridized carbons (Fsp3) is 0.364. The number of carbonyl (C=O) groups excluding carboxylic acids is 1. The van der Waals surface area contributed by atoms with Gasteiger partial charge in [-0.2, -0.15) is 0 Å². The van der Waals surface area contributed by atoms with Crippen molar-refractivity contribution >= 4 is 17.7 Å². The number of carboxylic acid groups (broad SMARTS) is 1. The van der Waals surface area contributed by atoms with Gasteiger partial charge in [0.2, 0.25) is 5.91 Å². The topological polar surface area (TPSA) is 139 Å². The second kappa shape index (κ2) is 10.0. The van der Waals surface area contributed by atoms with Gasteiger partial charge in [-0.25, -0.2) is 0 Å².